The highest BCUT2D eigenvalue weighted by atomic mass is 16.5. The molecule has 3 aromatic rings. The SMILES string of the molecule is COc1ccc(C(=C2[C@@H]3C=C[C@@H]2[C@H]2C(=O)N(c4ccc(OC)cc4)C(=O)[C@@H]23)c2ccc(OC)cc2)cc1. The number of methoxy groups -OCH3 is 3. The number of imide groups is 1. The summed E-state index contributed by atoms with van der Waals surface area (Å²) < 4.78 is 16.0. The summed E-state index contributed by atoms with van der Waals surface area (Å²) in [5.41, 5.74) is 4.80. The van der Waals surface area contributed by atoms with Gasteiger partial charge in [-0.1, -0.05) is 36.4 Å². The predicted octanol–water partition coefficient (Wildman–Crippen LogP) is 5.14. The second-order valence-electron chi connectivity index (χ2n) is 9.49. The lowest BCUT2D eigenvalue weighted by atomic mass is 9.85. The molecule has 37 heavy (non-hydrogen) atoms. The Kier molecular flexibility index (Phi) is 5.60. The highest BCUT2D eigenvalue weighted by Crippen LogP contribution is 2.59. The van der Waals surface area contributed by atoms with E-state index in [-0.39, 0.29) is 23.7 Å². The van der Waals surface area contributed by atoms with E-state index in [0.717, 1.165) is 33.8 Å². The van der Waals surface area contributed by atoms with Crippen LogP contribution in [0.3, 0.4) is 0 Å². The number of nitrogens with zero attached hydrogens (tertiary/aromatic N) is 1. The predicted molar refractivity (Wildman–Crippen MR) is 141 cm³/mol. The largest absolute Gasteiger partial charge is 0.497 e. The van der Waals surface area contributed by atoms with E-state index in [1.54, 1.807) is 45.6 Å². The van der Waals surface area contributed by atoms with Crippen LogP contribution < -0.4 is 19.1 Å². The fraction of sp³-hybridized carbons (Fsp3) is 0.226. The molecule has 6 heteroatoms. The summed E-state index contributed by atoms with van der Waals surface area (Å²) in [4.78, 5) is 28.8. The van der Waals surface area contributed by atoms with Crippen molar-refractivity contribution in [1.29, 1.82) is 0 Å². The maximum atomic E-state index is 13.7. The van der Waals surface area contributed by atoms with E-state index < -0.39 is 11.8 Å². The molecular weight excluding hydrogens is 466 g/mol. The molecule has 1 aliphatic heterocycles. The van der Waals surface area contributed by atoms with Gasteiger partial charge in [0.1, 0.15) is 17.2 Å². The summed E-state index contributed by atoms with van der Waals surface area (Å²) in [6, 6.07) is 23.0. The van der Waals surface area contributed by atoms with Crippen molar-refractivity contribution in [3.8, 4) is 17.2 Å². The Morgan fingerprint density at radius 2 is 0.973 bits per heavy atom. The number of allylic oxidation sites excluding steroid dienone is 3. The molecule has 2 bridgehead atoms. The van der Waals surface area contributed by atoms with Gasteiger partial charge >= 0.3 is 0 Å². The molecule has 6 nitrogen and oxygen atoms in total. The van der Waals surface area contributed by atoms with Crippen molar-refractivity contribution in [2.45, 2.75) is 0 Å². The van der Waals surface area contributed by atoms with E-state index in [0.29, 0.717) is 11.4 Å². The molecule has 0 radical (unpaired) electrons. The van der Waals surface area contributed by atoms with Gasteiger partial charge in [-0.2, -0.15) is 0 Å². The topological polar surface area (TPSA) is 65.1 Å². The van der Waals surface area contributed by atoms with Crippen molar-refractivity contribution in [2.24, 2.45) is 23.7 Å². The van der Waals surface area contributed by atoms with Crippen molar-refractivity contribution in [3.63, 3.8) is 0 Å². The van der Waals surface area contributed by atoms with E-state index >= 15 is 0 Å². The number of hydrogen-bond donors (Lipinski definition) is 0. The highest BCUT2D eigenvalue weighted by molar-refractivity contribution is 6.23. The third-order valence-electron chi connectivity index (χ3n) is 7.79. The minimum Gasteiger partial charge on any atom is -0.497 e. The lowest BCUT2D eigenvalue weighted by Gasteiger charge is -2.22. The molecule has 3 aliphatic rings. The lowest BCUT2D eigenvalue weighted by molar-refractivity contribution is -0.122. The molecule has 0 aromatic heterocycles. The molecule has 0 N–H and O–H groups in total. The van der Waals surface area contributed by atoms with E-state index in [4.69, 9.17) is 14.2 Å². The lowest BCUT2D eigenvalue weighted by Crippen LogP contribution is -2.33. The molecule has 2 fully saturated rings. The van der Waals surface area contributed by atoms with Gasteiger partial charge < -0.3 is 14.2 Å². The Hall–Kier alpha value is -4.32. The molecule has 4 atom stereocenters. The van der Waals surface area contributed by atoms with Gasteiger partial charge in [0.2, 0.25) is 11.8 Å². The number of benzene rings is 3. The zero-order valence-electron chi connectivity index (χ0n) is 20.9. The van der Waals surface area contributed by atoms with Gasteiger partial charge in [-0.15, -0.1) is 0 Å². The Bertz CT molecular complexity index is 1340. The van der Waals surface area contributed by atoms with Crippen LogP contribution in [0.5, 0.6) is 17.2 Å². The van der Waals surface area contributed by atoms with E-state index in [1.807, 2.05) is 48.5 Å². The van der Waals surface area contributed by atoms with Gasteiger partial charge in [0.25, 0.3) is 0 Å². The third kappa shape index (κ3) is 3.55. The fourth-order valence-electron chi connectivity index (χ4n) is 6.10. The summed E-state index contributed by atoms with van der Waals surface area (Å²) in [5, 5.41) is 0. The summed E-state index contributed by atoms with van der Waals surface area (Å²) in [6.07, 6.45) is 4.22. The van der Waals surface area contributed by atoms with E-state index in [1.165, 1.54) is 4.90 Å². The smallest absolute Gasteiger partial charge is 0.238 e. The average molecular weight is 494 g/mol. The highest BCUT2D eigenvalue weighted by Gasteiger charge is 2.62. The first-order chi connectivity index (χ1) is 18.0. The quantitative estimate of drug-likeness (QED) is 0.352. The maximum Gasteiger partial charge on any atom is 0.238 e. The maximum absolute atomic E-state index is 13.7. The Balaban J connectivity index is 1.45. The van der Waals surface area contributed by atoms with Crippen LogP contribution in [0, 0.1) is 23.7 Å². The van der Waals surface area contributed by atoms with Crippen LogP contribution in [0.2, 0.25) is 0 Å². The zero-order chi connectivity index (χ0) is 25.7. The molecule has 2 aliphatic carbocycles. The molecule has 1 saturated heterocycles. The van der Waals surface area contributed by atoms with Crippen LogP contribution in [-0.4, -0.2) is 33.1 Å². The van der Waals surface area contributed by atoms with Gasteiger partial charge in [0.05, 0.1) is 38.9 Å². The number of rotatable bonds is 6. The molecule has 1 heterocycles. The first-order valence-corrected chi connectivity index (χ1v) is 12.3. The summed E-state index contributed by atoms with van der Waals surface area (Å²) in [6.45, 7) is 0. The van der Waals surface area contributed by atoms with Crippen molar-refractivity contribution >= 4 is 23.1 Å². The van der Waals surface area contributed by atoms with Gasteiger partial charge in [0, 0.05) is 11.8 Å². The summed E-state index contributed by atoms with van der Waals surface area (Å²) >= 11 is 0. The first kappa shape index (κ1) is 23.1. The third-order valence-corrected chi connectivity index (χ3v) is 7.79. The molecule has 3 aromatic carbocycles. The van der Waals surface area contributed by atoms with Crippen molar-refractivity contribution < 1.29 is 23.8 Å². The number of hydrogen-bond acceptors (Lipinski definition) is 5. The molecule has 186 valence electrons. The zero-order valence-corrected chi connectivity index (χ0v) is 20.9. The number of ether oxygens (including phenoxy) is 3. The van der Waals surface area contributed by atoms with Gasteiger partial charge in [-0.05, 0) is 70.8 Å². The van der Waals surface area contributed by atoms with Crippen LogP contribution in [0.15, 0.2) is 90.5 Å². The summed E-state index contributed by atoms with van der Waals surface area (Å²) in [5.74, 6) is 0.829. The minimum absolute atomic E-state index is 0.140. The van der Waals surface area contributed by atoms with Crippen LogP contribution >= 0.6 is 0 Å². The second-order valence-corrected chi connectivity index (χ2v) is 9.49. The van der Waals surface area contributed by atoms with Crippen LogP contribution in [0.4, 0.5) is 5.69 Å². The average Bonchev–Trinajstić information content (AvgIpc) is 3.58. The minimum atomic E-state index is -0.411. The Morgan fingerprint density at radius 3 is 1.35 bits per heavy atom. The van der Waals surface area contributed by atoms with Crippen molar-refractivity contribution in [2.75, 3.05) is 26.2 Å². The standard InChI is InChI=1S/C31H27NO5/c1-35-21-10-4-18(5-11-21)26(19-6-12-22(36-2)13-7-19)27-24-16-17-25(27)29-28(24)30(33)32(31(29)34)20-8-14-23(37-3)15-9-20/h4-17,24-25,28-29H,1-3H3/t24-,25-,28+,29+/m0/s1. The van der Waals surface area contributed by atoms with Gasteiger partial charge in [-0.25, -0.2) is 4.90 Å². The van der Waals surface area contributed by atoms with Gasteiger partial charge in [0.15, 0.2) is 0 Å². The van der Waals surface area contributed by atoms with Crippen molar-refractivity contribution in [3.05, 3.63) is 102 Å². The van der Waals surface area contributed by atoms with Crippen LogP contribution in [-0.2, 0) is 9.59 Å². The van der Waals surface area contributed by atoms with Crippen molar-refractivity contribution in [1.82, 2.24) is 0 Å². The van der Waals surface area contributed by atoms with Crippen LogP contribution in [0.25, 0.3) is 5.57 Å². The number of anilines is 1. The number of amides is 2. The molecule has 0 unspecified atom stereocenters. The molecular formula is C31H27NO5. The molecule has 6 rings (SSSR count). The Labute approximate surface area is 215 Å². The van der Waals surface area contributed by atoms with Gasteiger partial charge in [-0.3, -0.25) is 9.59 Å². The van der Waals surface area contributed by atoms with E-state index in [9.17, 15) is 9.59 Å². The Morgan fingerprint density at radius 1 is 0.595 bits per heavy atom. The number of carbonyl (C=O) groups is 2. The molecule has 1 saturated carbocycles. The number of fused-ring (bicyclic) bond motifs is 5. The van der Waals surface area contributed by atoms with Crippen LogP contribution in [0.1, 0.15) is 11.1 Å². The van der Waals surface area contributed by atoms with E-state index in [2.05, 4.69) is 12.2 Å². The normalized spacial score (nSPS) is 23.4. The second kappa shape index (κ2) is 8.96. The summed E-state index contributed by atoms with van der Waals surface area (Å²) in [7, 11) is 4.88. The fourth-order valence-corrected chi connectivity index (χ4v) is 6.10. The molecule has 0 spiro atoms. The molecule has 2 amide bonds. The number of carbonyl (C=O) groups excluding carboxylic acids is 2. The first-order valence-electron chi connectivity index (χ1n) is 12.3. The monoisotopic (exact) mass is 493 g/mol.